The second kappa shape index (κ2) is 32.0. The molecule has 7 rings (SSSR count). The zero-order chi connectivity index (χ0) is 53.3. The Hall–Kier alpha value is -4.17. The Kier molecular flexibility index (Phi) is 25.1. The molecule has 1 aliphatic carbocycles. The van der Waals surface area contributed by atoms with Crippen molar-refractivity contribution in [3.05, 3.63) is 131 Å². The van der Waals surface area contributed by atoms with Crippen LogP contribution in [0.25, 0.3) is 21.5 Å². The van der Waals surface area contributed by atoms with E-state index in [0.717, 1.165) is 25.9 Å². The molecule has 2 nitrogen and oxygen atoms in total. The van der Waals surface area contributed by atoms with Crippen LogP contribution >= 0.6 is 0 Å². The number of benzene rings is 4. The largest absolute Gasteiger partial charge is 0.343 e. The Morgan fingerprint density at radius 2 is 0.908 bits per heavy atom. The minimum absolute atomic E-state index is 0.0632. The van der Waals surface area contributed by atoms with Crippen molar-refractivity contribution < 1.29 is 4.58 Å². The molecule has 4 aromatic carbocycles. The maximum absolute atomic E-state index is 2.74. The van der Waals surface area contributed by atoms with Crippen LogP contribution in [-0.2, 0) is 10.8 Å². The lowest BCUT2D eigenvalue weighted by atomic mass is 9.80. The first-order chi connectivity index (χ1) is 37.3. The van der Waals surface area contributed by atoms with Crippen molar-refractivity contribution in [3.8, 4) is 0 Å². The highest BCUT2D eigenvalue weighted by atomic mass is 15.2. The standard InChI is InChI=1S/C74H109N2/c1-7-9-11-13-15-17-19-21-23-25-27-29-31-33-35-41-58-75-69(73(3,4)67-54-52-63-46-37-39-48-65(63)71(67)75)56-50-61-44-43-45-62(60-61)51-57-70-74(5,6)68-55-53-64-47-38-40-49-66(64)72(68)76(70)59-42-36-34-32-30-28-26-24-22-20-18-16-14-12-10-8-2/h37-40,46-57,60H,7-36,41-45,58-59H2,1-6H3/q+1. The van der Waals surface area contributed by atoms with Crippen LogP contribution in [0, 0.1) is 0 Å². The number of fused-ring (bicyclic) bond motifs is 6. The van der Waals surface area contributed by atoms with Crippen molar-refractivity contribution in [1.82, 2.24) is 0 Å². The molecule has 0 unspecified atom stereocenters. The molecule has 0 N–H and O–H groups in total. The van der Waals surface area contributed by atoms with Crippen molar-refractivity contribution in [2.75, 3.05) is 18.0 Å². The lowest BCUT2D eigenvalue weighted by molar-refractivity contribution is -0.436. The molecule has 0 atom stereocenters. The van der Waals surface area contributed by atoms with E-state index in [1.165, 1.54) is 278 Å². The van der Waals surface area contributed by atoms with Crippen LogP contribution in [0.2, 0.25) is 0 Å². The third-order valence-corrected chi connectivity index (χ3v) is 18.2. The first-order valence-corrected chi connectivity index (χ1v) is 32.5. The monoisotopic (exact) mass is 1030 g/mol. The molecule has 2 aliphatic heterocycles. The van der Waals surface area contributed by atoms with Crippen LogP contribution in [0.15, 0.2) is 120 Å². The van der Waals surface area contributed by atoms with Crippen molar-refractivity contribution in [2.45, 2.75) is 277 Å². The summed E-state index contributed by atoms with van der Waals surface area (Å²) in [6, 6.07) is 27.8. The summed E-state index contributed by atoms with van der Waals surface area (Å²) in [5.41, 5.74) is 11.6. The summed E-state index contributed by atoms with van der Waals surface area (Å²) >= 11 is 0. The quantitative estimate of drug-likeness (QED) is 0.0322. The zero-order valence-electron chi connectivity index (χ0n) is 49.9. The average molecular weight is 1030 g/mol. The van der Waals surface area contributed by atoms with Gasteiger partial charge in [0, 0.05) is 41.1 Å². The fraction of sp³-hybridized carbons (Fsp3) is 0.608. The van der Waals surface area contributed by atoms with Crippen molar-refractivity contribution in [3.63, 3.8) is 0 Å². The topological polar surface area (TPSA) is 6.25 Å². The molecule has 0 aromatic heterocycles. The van der Waals surface area contributed by atoms with Crippen molar-refractivity contribution >= 4 is 38.6 Å². The van der Waals surface area contributed by atoms with E-state index in [4.69, 9.17) is 0 Å². The number of allylic oxidation sites excluding steroid dienone is 8. The van der Waals surface area contributed by atoms with Gasteiger partial charge in [-0.25, -0.2) is 0 Å². The fourth-order valence-electron chi connectivity index (χ4n) is 13.5. The molecular weight excluding hydrogens is 917 g/mol. The Morgan fingerprint density at radius 3 is 1.45 bits per heavy atom. The van der Waals surface area contributed by atoms with E-state index in [-0.39, 0.29) is 10.8 Å². The Labute approximate surface area is 467 Å². The summed E-state index contributed by atoms with van der Waals surface area (Å²) in [6.45, 7) is 16.7. The Balaban J connectivity index is 0.971. The van der Waals surface area contributed by atoms with E-state index in [1.807, 2.05) is 0 Å². The molecule has 0 fully saturated rings. The molecule has 76 heavy (non-hydrogen) atoms. The van der Waals surface area contributed by atoms with Crippen LogP contribution < -0.4 is 4.90 Å². The van der Waals surface area contributed by atoms with Gasteiger partial charge in [-0.05, 0) is 85.6 Å². The number of anilines is 1. The summed E-state index contributed by atoms with van der Waals surface area (Å²) in [4.78, 5) is 2.74. The lowest BCUT2D eigenvalue weighted by Gasteiger charge is -2.27. The van der Waals surface area contributed by atoms with Gasteiger partial charge in [0.05, 0.1) is 16.5 Å². The first kappa shape index (κ1) is 59.5. The summed E-state index contributed by atoms with van der Waals surface area (Å²) in [5.74, 6) is 0. The Morgan fingerprint density at radius 1 is 0.447 bits per heavy atom. The highest BCUT2D eigenvalue weighted by molar-refractivity contribution is 6.07. The van der Waals surface area contributed by atoms with E-state index >= 15 is 0 Å². The molecular formula is C74H109N2+. The van der Waals surface area contributed by atoms with Crippen LogP contribution in [-0.4, -0.2) is 23.4 Å². The summed E-state index contributed by atoms with van der Waals surface area (Å²) in [7, 11) is 0. The molecule has 0 bridgehead atoms. The number of unbranched alkanes of at least 4 members (excludes halogenated alkanes) is 30. The predicted octanol–water partition coefficient (Wildman–Crippen LogP) is 23.2. The molecule has 0 saturated heterocycles. The number of hydrogen-bond acceptors (Lipinski definition) is 1. The molecule has 3 aliphatic rings. The van der Waals surface area contributed by atoms with Gasteiger partial charge in [0.2, 0.25) is 5.69 Å². The second-order valence-electron chi connectivity index (χ2n) is 25.1. The highest BCUT2D eigenvalue weighted by Gasteiger charge is 2.45. The first-order valence-electron chi connectivity index (χ1n) is 32.5. The number of nitrogens with zero attached hydrogens (tertiary/aromatic N) is 2. The van der Waals surface area contributed by atoms with Gasteiger partial charge in [-0.3, -0.25) is 0 Å². The number of rotatable bonds is 37. The summed E-state index contributed by atoms with van der Waals surface area (Å²) < 4.78 is 2.74. The van der Waals surface area contributed by atoms with Crippen LogP contribution in [0.1, 0.15) is 277 Å². The summed E-state index contributed by atoms with van der Waals surface area (Å²) in [6.07, 6.45) is 61.0. The van der Waals surface area contributed by atoms with Gasteiger partial charge in [0.25, 0.3) is 0 Å². The third-order valence-electron chi connectivity index (χ3n) is 18.2. The van der Waals surface area contributed by atoms with E-state index in [1.54, 1.807) is 0 Å². The van der Waals surface area contributed by atoms with Gasteiger partial charge in [0.1, 0.15) is 6.54 Å². The van der Waals surface area contributed by atoms with E-state index in [9.17, 15) is 0 Å². The normalized spacial score (nSPS) is 17.1. The maximum Gasteiger partial charge on any atom is 0.217 e. The van der Waals surface area contributed by atoms with Crippen molar-refractivity contribution in [1.29, 1.82) is 0 Å². The molecule has 4 aromatic rings. The van der Waals surface area contributed by atoms with Crippen LogP contribution in [0.3, 0.4) is 0 Å². The number of hydrogen-bond donors (Lipinski definition) is 0. The molecule has 0 radical (unpaired) electrons. The SMILES string of the molecule is CCCCCCCCCCCCCCCCCCN1C(=CC=C2C=C(C=CC3=[N+](CCCCCCCCCCCCCCCCCC)c4c(ccc5ccccc45)C3(C)C)CCC2)C(C)(C)c2ccc3ccccc3c21. The molecule has 0 saturated carbocycles. The minimum atomic E-state index is -0.0632. The average Bonchev–Trinajstić information content (AvgIpc) is 3.81. The van der Waals surface area contributed by atoms with E-state index < -0.39 is 0 Å². The molecule has 414 valence electrons. The van der Waals surface area contributed by atoms with Gasteiger partial charge in [-0.1, -0.05) is 299 Å². The van der Waals surface area contributed by atoms with Crippen LogP contribution in [0.4, 0.5) is 11.4 Å². The summed E-state index contributed by atoms with van der Waals surface area (Å²) in [5, 5.41) is 5.50. The zero-order valence-corrected chi connectivity index (χ0v) is 49.9. The molecule has 2 heterocycles. The second-order valence-corrected chi connectivity index (χ2v) is 25.1. The maximum atomic E-state index is 2.74. The van der Waals surface area contributed by atoms with Gasteiger partial charge in [-0.2, -0.15) is 4.58 Å². The van der Waals surface area contributed by atoms with Crippen molar-refractivity contribution in [2.24, 2.45) is 0 Å². The third kappa shape index (κ3) is 16.9. The van der Waals surface area contributed by atoms with Gasteiger partial charge >= 0.3 is 0 Å². The highest BCUT2D eigenvalue weighted by Crippen LogP contribution is 2.51. The lowest BCUT2D eigenvalue weighted by Crippen LogP contribution is -2.28. The van der Waals surface area contributed by atoms with E-state index in [0.29, 0.717) is 0 Å². The smallest absolute Gasteiger partial charge is 0.217 e. The van der Waals surface area contributed by atoms with E-state index in [2.05, 4.69) is 154 Å². The van der Waals surface area contributed by atoms with Gasteiger partial charge in [-0.15, -0.1) is 0 Å². The molecule has 0 amide bonds. The fourth-order valence-corrected chi connectivity index (χ4v) is 13.5. The molecule has 0 spiro atoms. The van der Waals surface area contributed by atoms with Crippen LogP contribution in [0.5, 0.6) is 0 Å². The molecule has 2 heteroatoms. The van der Waals surface area contributed by atoms with Gasteiger partial charge in [0.15, 0.2) is 5.71 Å². The van der Waals surface area contributed by atoms with Gasteiger partial charge < -0.3 is 4.90 Å². The minimum Gasteiger partial charge on any atom is -0.343 e. The Bertz CT molecular complexity index is 2520. The predicted molar refractivity (Wildman–Crippen MR) is 337 cm³/mol.